The lowest BCUT2D eigenvalue weighted by atomic mass is 10.0. The first-order valence-corrected chi connectivity index (χ1v) is 9.80. The molecule has 1 aromatic carbocycles. The van der Waals surface area contributed by atoms with Gasteiger partial charge in [-0.15, -0.1) is 0 Å². The Bertz CT molecular complexity index is 962. The van der Waals surface area contributed by atoms with Gasteiger partial charge < -0.3 is 15.4 Å². The molecule has 28 heavy (non-hydrogen) atoms. The van der Waals surface area contributed by atoms with Crippen LogP contribution in [0.3, 0.4) is 0 Å². The molecule has 0 bridgehead atoms. The van der Waals surface area contributed by atoms with Crippen LogP contribution < -0.4 is 15.4 Å². The molecule has 146 valence electrons. The number of rotatable bonds is 7. The molecule has 7 heteroatoms. The van der Waals surface area contributed by atoms with Gasteiger partial charge in [-0.05, 0) is 44.2 Å². The predicted molar refractivity (Wildman–Crippen MR) is 108 cm³/mol. The van der Waals surface area contributed by atoms with Gasteiger partial charge >= 0.3 is 0 Å². The summed E-state index contributed by atoms with van der Waals surface area (Å²) in [6, 6.07) is 11.3. The molecule has 4 rings (SSSR count). The number of aromatic nitrogens is 3. The van der Waals surface area contributed by atoms with E-state index in [1.54, 1.807) is 12.3 Å². The van der Waals surface area contributed by atoms with Gasteiger partial charge in [0, 0.05) is 30.6 Å². The van der Waals surface area contributed by atoms with Crippen LogP contribution in [-0.2, 0) is 6.54 Å². The highest BCUT2D eigenvalue weighted by Gasteiger charge is 2.23. The van der Waals surface area contributed by atoms with Gasteiger partial charge in [0.05, 0.1) is 24.4 Å². The first-order valence-electron chi connectivity index (χ1n) is 9.80. The lowest BCUT2D eigenvalue weighted by Gasteiger charge is -2.10. The molecule has 1 atom stereocenters. The normalized spacial score (nSPS) is 16.4. The van der Waals surface area contributed by atoms with E-state index in [4.69, 9.17) is 9.84 Å². The summed E-state index contributed by atoms with van der Waals surface area (Å²) >= 11 is 0. The van der Waals surface area contributed by atoms with Gasteiger partial charge in [-0.2, -0.15) is 5.10 Å². The van der Waals surface area contributed by atoms with Crippen molar-refractivity contribution in [2.24, 2.45) is 0 Å². The summed E-state index contributed by atoms with van der Waals surface area (Å²) in [5, 5.41) is 12.3. The van der Waals surface area contributed by atoms with Crippen LogP contribution in [0.2, 0.25) is 0 Å². The first kappa shape index (κ1) is 18.4. The van der Waals surface area contributed by atoms with Gasteiger partial charge in [-0.1, -0.05) is 12.1 Å². The second kappa shape index (κ2) is 8.39. The van der Waals surface area contributed by atoms with Crippen LogP contribution in [-0.4, -0.2) is 46.9 Å². The molecule has 0 aliphatic carbocycles. The lowest BCUT2D eigenvalue weighted by Crippen LogP contribution is -2.28. The number of ether oxygens (including phenoxy) is 1. The summed E-state index contributed by atoms with van der Waals surface area (Å²) in [6.07, 6.45) is 2.88. The average molecular weight is 379 g/mol. The van der Waals surface area contributed by atoms with Crippen LogP contribution >= 0.6 is 0 Å². The smallest absolute Gasteiger partial charge is 0.255 e. The largest absolute Gasteiger partial charge is 0.493 e. The Morgan fingerprint density at radius 3 is 3.04 bits per heavy atom. The number of fused-ring (bicyclic) bond motifs is 1. The molecular formula is C21H25N5O2. The fourth-order valence-electron chi connectivity index (χ4n) is 3.69. The minimum atomic E-state index is -0.145. The van der Waals surface area contributed by atoms with Crippen LogP contribution in [0, 0.1) is 0 Å². The molecule has 1 saturated heterocycles. The zero-order valence-corrected chi connectivity index (χ0v) is 16.0. The number of amides is 1. The molecule has 0 radical (unpaired) electrons. The lowest BCUT2D eigenvalue weighted by molar-refractivity contribution is 0.0948. The SMILES string of the molecule is CCOc1ccccc1C(=O)NCCn1nc([C@@H]2CCNC2)c2cccnc21. The zero-order chi connectivity index (χ0) is 19.3. The zero-order valence-electron chi connectivity index (χ0n) is 16.0. The van der Waals surface area contributed by atoms with E-state index < -0.39 is 0 Å². The van der Waals surface area contributed by atoms with Crippen LogP contribution in [0.5, 0.6) is 5.75 Å². The maximum atomic E-state index is 12.6. The van der Waals surface area contributed by atoms with Crippen molar-refractivity contribution in [1.82, 2.24) is 25.4 Å². The Balaban J connectivity index is 1.47. The predicted octanol–water partition coefficient (Wildman–Crippen LogP) is 2.34. The number of benzene rings is 1. The molecular weight excluding hydrogens is 354 g/mol. The van der Waals surface area contributed by atoms with Crippen molar-refractivity contribution in [3.63, 3.8) is 0 Å². The fourth-order valence-corrected chi connectivity index (χ4v) is 3.69. The van der Waals surface area contributed by atoms with Gasteiger partial charge in [0.15, 0.2) is 5.65 Å². The van der Waals surface area contributed by atoms with Crippen molar-refractivity contribution < 1.29 is 9.53 Å². The van der Waals surface area contributed by atoms with Gasteiger partial charge in [-0.3, -0.25) is 4.79 Å². The van der Waals surface area contributed by atoms with E-state index in [2.05, 4.69) is 21.7 Å². The third kappa shape index (κ3) is 3.71. The van der Waals surface area contributed by atoms with E-state index in [0.717, 1.165) is 36.2 Å². The van der Waals surface area contributed by atoms with E-state index in [-0.39, 0.29) is 5.91 Å². The topological polar surface area (TPSA) is 81.1 Å². The highest BCUT2D eigenvalue weighted by Crippen LogP contribution is 2.27. The van der Waals surface area contributed by atoms with E-state index in [1.165, 1.54) is 0 Å². The Labute approximate surface area is 164 Å². The van der Waals surface area contributed by atoms with Crippen molar-refractivity contribution in [2.45, 2.75) is 25.8 Å². The molecule has 2 aromatic heterocycles. The second-order valence-electron chi connectivity index (χ2n) is 6.86. The van der Waals surface area contributed by atoms with Crippen molar-refractivity contribution >= 4 is 16.9 Å². The number of nitrogens with zero attached hydrogens (tertiary/aromatic N) is 3. The Morgan fingerprint density at radius 1 is 1.32 bits per heavy atom. The van der Waals surface area contributed by atoms with E-state index in [0.29, 0.717) is 36.9 Å². The van der Waals surface area contributed by atoms with Crippen LogP contribution in [0.1, 0.15) is 35.3 Å². The van der Waals surface area contributed by atoms with Gasteiger partial charge in [0.1, 0.15) is 5.75 Å². The van der Waals surface area contributed by atoms with Crippen LogP contribution in [0.15, 0.2) is 42.6 Å². The molecule has 0 saturated carbocycles. The number of nitrogens with one attached hydrogen (secondary N) is 2. The number of carbonyl (C=O) groups is 1. The highest BCUT2D eigenvalue weighted by atomic mass is 16.5. The molecule has 1 amide bonds. The third-order valence-electron chi connectivity index (χ3n) is 5.02. The number of carbonyl (C=O) groups excluding carboxylic acids is 1. The maximum absolute atomic E-state index is 12.6. The van der Waals surface area contributed by atoms with E-state index in [1.807, 2.05) is 35.9 Å². The Kier molecular flexibility index (Phi) is 5.53. The average Bonchev–Trinajstić information content (AvgIpc) is 3.37. The number of hydrogen-bond acceptors (Lipinski definition) is 5. The number of para-hydroxylation sites is 1. The van der Waals surface area contributed by atoms with Crippen LogP contribution in [0.4, 0.5) is 0 Å². The number of pyridine rings is 1. The van der Waals surface area contributed by atoms with Crippen molar-refractivity contribution in [1.29, 1.82) is 0 Å². The van der Waals surface area contributed by atoms with Crippen molar-refractivity contribution in [2.75, 3.05) is 26.2 Å². The van der Waals surface area contributed by atoms with E-state index in [9.17, 15) is 4.79 Å². The molecule has 3 aromatic rings. The molecule has 3 heterocycles. The minimum absolute atomic E-state index is 0.145. The molecule has 1 aliphatic heterocycles. The Hall–Kier alpha value is -2.93. The number of hydrogen-bond donors (Lipinski definition) is 2. The summed E-state index contributed by atoms with van der Waals surface area (Å²) in [5.41, 5.74) is 2.51. The van der Waals surface area contributed by atoms with Gasteiger partial charge in [0.25, 0.3) is 5.91 Å². The van der Waals surface area contributed by atoms with Crippen molar-refractivity contribution in [3.05, 3.63) is 53.9 Å². The standard InChI is InChI=1S/C21H25N5O2/c1-2-28-18-8-4-3-6-16(18)21(27)24-12-13-26-20-17(7-5-10-23-20)19(25-26)15-9-11-22-14-15/h3-8,10,15,22H,2,9,11-14H2,1H3,(H,24,27)/t15-/m1/s1. The molecule has 1 fully saturated rings. The third-order valence-corrected chi connectivity index (χ3v) is 5.02. The Morgan fingerprint density at radius 2 is 2.21 bits per heavy atom. The van der Waals surface area contributed by atoms with Gasteiger partial charge in [0.2, 0.25) is 0 Å². The first-order chi connectivity index (χ1) is 13.8. The van der Waals surface area contributed by atoms with Crippen LogP contribution in [0.25, 0.3) is 11.0 Å². The van der Waals surface area contributed by atoms with Crippen molar-refractivity contribution in [3.8, 4) is 5.75 Å². The van der Waals surface area contributed by atoms with Gasteiger partial charge in [-0.25, -0.2) is 9.67 Å². The van der Waals surface area contributed by atoms with E-state index >= 15 is 0 Å². The quantitative estimate of drug-likeness (QED) is 0.659. The monoisotopic (exact) mass is 379 g/mol. The molecule has 2 N–H and O–H groups in total. The molecule has 0 unspecified atom stereocenters. The summed E-state index contributed by atoms with van der Waals surface area (Å²) in [5.74, 6) is 0.874. The maximum Gasteiger partial charge on any atom is 0.255 e. The highest BCUT2D eigenvalue weighted by molar-refractivity contribution is 5.96. The summed E-state index contributed by atoms with van der Waals surface area (Å²) in [4.78, 5) is 17.1. The molecule has 7 nitrogen and oxygen atoms in total. The fraction of sp³-hybridized carbons (Fsp3) is 0.381. The minimum Gasteiger partial charge on any atom is -0.493 e. The second-order valence-corrected chi connectivity index (χ2v) is 6.86. The summed E-state index contributed by atoms with van der Waals surface area (Å²) < 4.78 is 7.45. The molecule has 1 aliphatic rings. The summed E-state index contributed by atoms with van der Waals surface area (Å²) in [6.45, 7) is 5.43. The molecule has 0 spiro atoms. The summed E-state index contributed by atoms with van der Waals surface area (Å²) in [7, 11) is 0.